The Kier molecular flexibility index (Phi) is 6.80. The van der Waals surface area contributed by atoms with E-state index in [2.05, 4.69) is 9.47 Å². The number of nitrogens with zero attached hydrogens (tertiary/aromatic N) is 1. The molecule has 0 unspecified atom stereocenters. The number of rotatable bonds is 4. The quantitative estimate of drug-likeness (QED) is 0.485. The van der Waals surface area contributed by atoms with Crippen LogP contribution in [-0.4, -0.2) is 30.3 Å². The first-order valence-electron chi connectivity index (χ1n) is 5.51. The zero-order valence-corrected chi connectivity index (χ0v) is 11.5. The lowest BCUT2D eigenvalue weighted by molar-refractivity contribution is -0.384. The Hall–Kier alpha value is -2.16. The third-order valence-electron chi connectivity index (χ3n) is 2.42. The van der Waals surface area contributed by atoms with Crippen molar-refractivity contribution >= 4 is 12.2 Å². The van der Waals surface area contributed by atoms with E-state index in [0.29, 0.717) is 0 Å². The summed E-state index contributed by atoms with van der Waals surface area (Å²) in [6.07, 6.45) is -4.28. The maximum atomic E-state index is 11.7. The summed E-state index contributed by atoms with van der Waals surface area (Å²) in [5, 5.41) is 10.2. The predicted octanol–water partition coefficient (Wildman–Crippen LogP) is 3.10. The van der Waals surface area contributed by atoms with Gasteiger partial charge in [0.25, 0.3) is 12.2 Å². The van der Waals surface area contributed by atoms with Gasteiger partial charge in [-0.15, -0.1) is 0 Å². The van der Waals surface area contributed by atoms with Crippen molar-refractivity contribution in [1.29, 1.82) is 0 Å². The summed E-state index contributed by atoms with van der Waals surface area (Å²) in [6.45, 7) is 2.22. The number of carbonyl (C=O) groups excluding carboxylic acids is 1. The summed E-state index contributed by atoms with van der Waals surface area (Å²) >= 11 is 0. The summed E-state index contributed by atoms with van der Waals surface area (Å²) in [5.41, 5.74) is -2.05. The first-order chi connectivity index (χ1) is 9.55. The second kappa shape index (κ2) is 7.58. The summed E-state index contributed by atoms with van der Waals surface area (Å²) < 4.78 is 43.7. The number of carbonyl (C=O) groups is 1. The smallest absolute Gasteiger partial charge is 0.416 e. The molecule has 21 heavy (non-hydrogen) atoms. The van der Waals surface area contributed by atoms with Crippen LogP contribution in [0.25, 0.3) is 0 Å². The Balaban J connectivity index is 0.000000400. The lowest BCUT2D eigenvalue weighted by Gasteiger charge is -2.25. The SMILES string of the molecule is COC(C)(C)C(F)(F)F.O=COc1ccc([N+](=O)[O-])cc1. The monoisotopic (exact) mass is 309 g/mol. The van der Waals surface area contributed by atoms with Crippen molar-refractivity contribution in [2.24, 2.45) is 0 Å². The van der Waals surface area contributed by atoms with Gasteiger partial charge in [0.2, 0.25) is 0 Å². The van der Waals surface area contributed by atoms with E-state index < -0.39 is 16.7 Å². The number of halogens is 3. The average Bonchev–Trinajstić information content (AvgIpc) is 2.39. The Morgan fingerprint density at radius 1 is 1.19 bits per heavy atom. The molecule has 1 rings (SSSR count). The van der Waals surface area contributed by atoms with Crippen molar-refractivity contribution < 1.29 is 32.4 Å². The molecule has 6 nitrogen and oxygen atoms in total. The highest BCUT2D eigenvalue weighted by molar-refractivity contribution is 5.46. The minimum Gasteiger partial charge on any atom is -0.429 e. The normalized spacial score (nSPS) is 11.1. The van der Waals surface area contributed by atoms with Crippen LogP contribution in [0.15, 0.2) is 24.3 Å². The summed E-state index contributed by atoms with van der Waals surface area (Å²) in [7, 11) is 1.04. The minimum atomic E-state index is -4.28. The van der Waals surface area contributed by atoms with Crippen molar-refractivity contribution in [2.45, 2.75) is 25.6 Å². The molecule has 0 aromatic heterocycles. The Morgan fingerprint density at radius 3 is 1.90 bits per heavy atom. The van der Waals surface area contributed by atoms with Gasteiger partial charge in [-0.25, -0.2) is 0 Å². The van der Waals surface area contributed by atoms with E-state index in [0.717, 1.165) is 21.0 Å². The van der Waals surface area contributed by atoms with Crippen molar-refractivity contribution in [1.82, 2.24) is 0 Å². The van der Waals surface area contributed by atoms with Crippen molar-refractivity contribution in [2.75, 3.05) is 7.11 Å². The second-order valence-corrected chi connectivity index (χ2v) is 4.18. The molecule has 0 amide bonds. The van der Waals surface area contributed by atoms with Crippen LogP contribution in [0.3, 0.4) is 0 Å². The molecular formula is C12H14F3NO5. The molecule has 0 aliphatic heterocycles. The number of alkyl halides is 3. The van der Waals surface area contributed by atoms with Crippen LogP contribution in [0.1, 0.15) is 13.8 Å². The number of hydrogen-bond acceptors (Lipinski definition) is 5. The van der Waals surface area contributed by atoms with Gasteiger partial charge >= 0.3 is 6.18 Å². The zero-order chi connectivity index (χ0) is 16.7. The van der Waals surface area contributed by atoms with E-state index in [1.54, 1.807) is 0 Å². The van der Waals surface area contributed by atoms with Crippen LogP contribution in [0.2, 0.25) is 0 Å². The third-order valence-corrected chi connectivity index (χ3v) is 2.42. The van der Waals surface area contributed by atoms with E-state index in [9.17, 15) is 28.1 Å². The standard InChI is InChI=1S/C7H5NO4.C5H9F3O/c9-5-12-7-3-1-6(2-4-7)8(10)11;1-4(2,9-3)5(6,7)8/h1-5H;1-3H3. The van der Waals surface area contributed by atoms with Crippen molar-refractivity contribution in [3.05, 3.63) is 34.4 Å². The molecule has 0 spiro atoms. The maximum absolute atomic E-state index is 11.7. The van der Waals surface area contributed by atoms with E-state index in [1.165, 1.54) is 24.3 Å². The van der Waals surface area contributed by atoms with Crippen LogP contribution in [-0.2, 0) is 9.53 Å². The highest BCUT2D eigenvalue weighted by Crippen LogP contribution is 2.31. The number of non-ortho nitro benzene ring substituents is 1. The van der Waals surface area contributed by atoms with Crippen LogP contribution < -0.4 is 4.74 Å². The number of methoxy groups -OCH3 is 1. The van der Waals surface area contributed by atoms with Gasteiger partial charge in [-0.1, -0.05) is 0 Å². The molecule has 0 N–H and O–H groups in total. The molecular weight excluding hydrogens is 295 g/mol. The maximum Gasteiger partial charge on any atom is 0.416 e. The fourth-order valence-corrected chi connectivity index (χ4v) is 0.818. The van der Waals surface area contributed by atoms with Gasteiger partial charge in [-0.3, -0.25) is 14.9 Å². The molecule has 0 radical (unpaired) electrons. The lowest BCUT2D eigenvalue weighted by atomic mass is 10.1. The average molecular weight is 309 g/mol. The largest absolute Gasteiger partial charge is 0.429 e. The van der Waals surface area contributed by atoms with Crippen LogP contribution >= 0.6 is 0 Å². The fraction of sp³-hybridized carbons (Fsp3) is 0.417. The number of benzene rings is 1. The highest BCUT2D eigenvalue weighted by Gasteiger charge is 2.47. The fourth-order valence-electron chi connectivity index (χ4n) is 0.818. The molecule has 0 heterocycles. The number of hydrogen-bond donors (Lipinski definition) is 0. The molecule has 0 fully saturated rings. The van der Waals surface area contributed by atoms with E-state index in [1.807, 2.05) is 0 Å². The first kappa shape index (κ1) is 18.8. The molecule has 1 aromatic rings. The first-order valence-corrected chi connectivity index (χ1v) is 5.51. The van der Waals surface area contributed by atoms with E-state index >= 15 is 0 Å². The van der Waals surface area contributed by atoms with Crippen molar-refractivity contribution in [3.63, 3.8) is 0 Å². The molecule has 0 saturated heterocycles. The van der Waals surface area contributed by atoms with Gasteiger partial charge in [0.05, 0.1) is 4.92 Å². The zero-order valence-electron chi connectivity index (χ0n) is 11.5. The number of nitro benzene ring substituents is 1. The predicted molar refractivity (Wildman–Crippen MR) is 66.9 cm³/mol. The molecule has 0 atom stereocenters. The Morgan fingerprint density at radius 2 is 1.67 bits per heavy atom. The molecule has 9 heteroatoms. The lowest BCUT2D eigenvalue weighted by Crippen LogP contribution is -2.40. The van der Waals surface area contributed by atoms with E-state index in [-0.39, 0.29) is 17.9 Å². The Bertz CT molecular complexity index is 471. The number of ether oxygens (including phenoxy) is 2. The molecule has 0 aliphatic rings. The highest BCUT2D eigenvalue weighted by atomic mass is 19.4. The van der Waals surface area contributed by atoms with E-state index in [4.69, 9.17) is 0 Å². The summed E-state index contributed by atoms with van der Waals surface area (Å²) in [5.74, 6) is 0.288. The van der Waals surface area contributed by atoms with Crippen LogP contribution in [0.4, 0.5) is 18.9 Å². The van der Waals surface area contributed by atoms with Gasteiger partial charge in [0.15, 0.2) is 5.60 Å². The van der Waals surface area contributed by atoms with Gasteiger partial charge in [-0.05, 0) is 26.0 Å². The number of nitro groups is 1. The van der Waals surface area contributed by atoms with Crippen LogP contribution in [0, 0.1) is 10.1 Å². The van der Waals surface area contributed by atoms with Gasteiger partial charge < -0.3 is 9.47 Å². The van der Waals surface area contributed by atoms with Gasteiger partial charge in [-0.2, -0.15) is 13.2 Å². The Labute approximate surface area is 118 Å². The molecule has 0 bridgehead atoms. The summed E-state index contributed by atoms with van der Waals surface area (Å²) in [6, 6.07) is 5.23. The second-order valence-electron chi connectivity index (χ2n) is 4.18. The van der Waals surface area contributed by atoms with Gasteiger partial charge in [0.1, 0.15) is 5.75 Å². The molecule has 0 aliphatic carbocycles. The van der Waals surface area contributed by atoms with Crippen LogP contribution in [0.5, 0.6) is 5.75 Å². The topological polar surface area (TPSA) is 78.7 Å². The minimum absolute atomic E-state index is 0.0340. The van der Waals surface area contributed by atoms with Crippen molar-refractivity contribution in [3.8, 4) is 5.75 Å². The molecule has 1 aromatic carbocycles. The van der Waals surface area contributed by atoms with Gasteiger partial charge in [0, 0.05) is 19.2 Å². The third kappa shape index (κ3) is 6.21. The molecule has 118 valence electrons. The summed E-state index contributed by atoms with van der Waals surface area (Å²) in [4.78, 5) is 19.5. The molecule has 0 saturated carbocycles.